The van der Waals surface area contributed by atoms with Gasteiger partial charge in [0.25, 0.3) is 0 Å². The maximum atomic E-state index is 8.77. The Morgan fingerprint density at radius 1 is 1.50 bits per heavy atom. The number of rotatable bonds is 5. The van der Waals surface area contributed by atoms with E-state index in [1.54, 1.807) is 0 Å². The fraction of sp³-hybridized carbons (Fsp3) is 0.462. The Balaban J connectivity index is 1.78. The fourth-order valence-electron chi connectivity index (χ4n) is 1.77. The van der Waals surface area contributed by atoms with E-state index in [1.165, 1.54) is 12.8 Å². The largest absolute Gasteiger partial charge is 0.384 e. The third-order valence-corrected chi connectivity index (χ3v) is 2.96. The number of hydrogen-bond acceptors (Lipinski definition) is 3. The second-order valence-corrected chi connectivity index (χ2v) is 4.33. The molecule has 0 spiro atoms. The lowest BCUT2D eigenvalue weighted by molar-refractivity contribution is 0.337. The van der Waals surface area contributed by atoms with Crippen LogP contribution in [-0.2, 0) is 0 Å². The zero-order valence-electron chi connectivity index (χ0n) is 9.61. The van der Waals surface area contributed by atoms with Crippen molar-refractivity contribution in [1.82, 2.24) is 4.90 Å². The lowest BCUT2D eigenvalue weighted by atomic mass is 10.2. The van der Waals surface area contributed by atoms with Crippen LogP contribution in [0.3, 0.4) is 0 Å². The predicted molar refractivity (Wildman–Crippen MR) is 65.3 cm³/mol. The molecule has 0 unspecified atom stereocenters. The third-order valence-electron chi connectivity index (χ3n) is 2.96. The molecule has 1 fully saturated rings. The van der Waals surface area contributed by atoms with Gasteiger partial charge in [0.2, 0.25) is 0 Å². The summed E-state index contributed by atoms with van der Waals surface area (Å²) >= 11 is 0. The van der Waals surface area contributed by atoms with Gasteiger partial charge in [-0.05, 0) is 38.1 Å². The zero-order valence-corrected chi connectivity index (χ0v) is 9.61. The van der Waals surface area contributed by atoms with Crippen LogP contribution in [0.5, 0.6) is 0 Å². The van der Waals surface area contributed by atoms with Crippen molar-refractivity contribution in [3.63, 3.8) is 0 Å². The number of likely N-dealkylation sites (N-methyl/N-ethyl adjacent to an activating group) is 1. The molecule has 1 aliphatic carbocycles. The second-order valence-electron chi connectivity index (χ2n) is 4.33. The molecule has 16 heavy (non-hydrogen) atoms. The van der Waals surface area contributed by atoms with E-state index < -0.39 is 0 Å². The molecule has 1 aromatic carbocycles. The number of nitrogens with zero attached hydrogens (tertiary/aromatic N) is 2. The summed E-state index contributed by atoms with van der Waals surface area (Å²) in [7, 11) is 2.17. The molecule has 0 amide bonds. The molecule has 84 valence electrons. The molecule has 1 saturated carbocycles. The molecule has 3 nitrogen and oxygen atoms in total. The molecule has 0 heterocycles. The third kappa shape index (κ3) is 2.98. The Labute approximate surface area is 96.7 Å². The van der Waals surface area contributed by atoms with Crippen LogP contribution in [0.1, 0.15) is 18.4 Å². The van der Waals surface area contributed by atoms with Gasteiger partial charge in [-0.25, -0.2) is 0 Å². The standard InChI is InChI=1S/C13H17N3/c1-16(13-5-6-13)8-7-15-12-4-2-3-11(9-12)10-14/h2-4,9,13,15H,5-8H2,1H3. The van der Waals surface area contributed by atoms with Gasteiger partial charge >= 0.3 is 0 Å². The summed E-state index contributed by atoms with van der Waals surface area (Å²) in [5.41, 5.74) is 1.74. The summed E-state index contributed by atoms with van der Waals surface area (Å²) in [6, 6.07) is 10.6. The van der Waals surface area contributed by atoms with Gasteiger partial charge in [0.1, 0.15) is 0 Å². The second kappa shape index (κ2) is 5.00. The molecule has 1 aliphatic rings. The van der Waals surface area contributed by atoms with Crippen molar-refractivity contribution >= 4 is 5.69 Å². The van der Waals surface area contributed by atoms with Crippen molar-refractivity contribution < 1.29 is 0 Å². The summed E-state index contributed by atoms with van der Waals surface area (Å²) in [4.78, 5) is 2.39. The Morgan fingerprint density at radius 2 is 2.31 bits per heavy atom. The molecular formula is C13H17N3. The number of nitriles is 1. The first kappa shape index (κ1) is 11.0. The lowest BCUT2D eigenvalue weighted by Crippen LogP contribution is -2.26. The minimum atomic E-state index is 0.709. The summed E-state index contributed by atoms with van der Waals surface area (Å²) in [5, 5.41) is 12.1. The first-order chi connectivity index (χ1) is 7.79. The summed E-state index contributed by atoms with van der Waals surface area (Å²) in [5.74, 6) is 0. The van der Waals surface area contributed by atoms with Gasteiger partial charge in [0.15, 0.2) is 0 Å². The monoisotopic (exact) mass is 215 g/mol. The van der Waals surface area contributed by atoms with Gasteiger partial charge in [-0.1, -0.05) is 6.07 Å². The summed E-state index contributed by atoms with van der Waals surface area (Å²) in [6.45, 7) is 1.99. The molecule has 0 aliphatic heterocycles. The van der Waals surface area contributed by atoms with E-state index >= 15 is 0 Å². The Hall–Kier alpha value is -1.53. The van der Waals surface area contributed by atoms with Gasteiger partial charge < -0.3 is 10.2 Å². The van der Waals surface area contributed by atoms with Crippen molar-refractivity contribution in [1.29, 1.82) is 5.26 Å². The van der Waals surface area contributed by atoms with E-state index in [0.29, 0.717) is 5.56 Å². The Morgan fingerprint density at radius 3 is 3.00 bits per heavy atom. The fourth-order valence-corrected chi connectivity index (χ4v) is 1.77. The normalized spacial score (nSPS) is 14.8. The smallest absolute Gasteiger partial charge is 0.0992 e. The molecule has 3 heteroatoms. The average Bonchev–Trinajstić information content (AvgIpc) is 3.13. The highest BCUT2D eigenvalue weighted by atomic mass is 15.2. The SMILES string of the molecule is CN(CCNc1cccc(C#N)c1)C1CC1. The van der Waals surface area contributed by atoms with Gasteiger partial charge in [0.05, 0.1) is 11.6 Å². The van der Waals surface area contributed by atoms with E-state index in [-0.39, 0.29) is 0 Å². The molecule has 0 saturated heterocycles. The minimum Gasteiger partial charge on any atom is -0.384 e. The molecule has 0 atom stereocenters. The average molecular weight is 215 g/mol. The first-order valence-corrected chi connectivity index (χ1v) is 5.74. The highest BCUT2D eigenvalue weighted by Crippen LogP contribution is 2.24. The van der Waals surface area contributed by atoms with Crippen LogP contribution >= 0.6 is 0 Å². The van der Waals surface area contributed by atoms with Crippen molar-refractivity contribution in [3.05, 3.63) is 29.8 Å². The lowest BCUT2D eigenvalue weighted by Gasteiger charge is -2.16. The highest BCUT2D eigenvalue weighted by Gasteiger charge is 2.25. The van der Waals surface area contributed by atoms with E-state index in [0.717, 1.165) is 24.8 Å². The minimum absolute atomic E-state index is 0.709. The van der Waals surface area contributed by atoms with Gasteiger partial charge in [-0.2, -0.15) is 5.26 Å². The molecule has 2 rings (SSSR count). The molecule has 0 bridgehead atoms. The maximum absolute atomic E-state index is 8.77. The molecule has 0 radical (unpaired) electrons. The van der Waals surface area contributed by atoms with E-state index in [9.17, 15) is 0 Å². The number of hydrogen-bond donors (Lipinski definition) is 1. The van der Waals surface area contributed by atoms with Crippen LogP contribution in [0.4, 0.5) is 5.69 Å². The van der Waals surface area contributed by atoms with E-state index in [2.05, 4.69) is 23.3 Å². The number of nitrogens with one attached hydrogen (secondary N) is 1. The van der Waals surface area contributed by atoms with Crippen LogP contribution < -0.4 is 5.32 Å². The Kier molecular flexibility index (Phi) is 3.43. The van der Waals surface area contributed by atoms with Crippen LogP contribution in [-0.4, -0.2) is 31.1 Å². The number of benzene rings is 1. The molecular weight excluding hydrogens is 198 g/mol. The first-order valence-electron chi connectivity index (χ1n) is 5.74. The number of anilines is 1. The highest BCUT2D eigenvalue weighted by molar-refractivity contribution is 5.49. The van der Waals surface area contributed by atoms with Crippen molar-refractivity contribution in [2.24, 2.45) is 0 Å². The Bertz CT molecular complexity index is 390. The van der Waals surface area contributed by atoms with Crippen molar-refractivity contribution in [3.8, 4) is 6.07 Å². The molecule has 0 aromatic heterocycles. The summed E-state index contributed by atoms with van der Waals surface area (Å²) < 4.78 is 0. The predicted octanol–water partition coefficient (Wildman–Crippen LogP) is 2.06. The van der Waals surface area contributed by atoms with Crippen molar-refractivity contribution in [2.45, 2.75) is 18.9 Å². The zero-order chi connectivity index (χ0) is 11.4. The van der Waals surface area contributed by atoms with Crippen LogP contribution in [0, 0.1) is 11.3 Å². The van der Waals surface area contributed by atoms with E-state index in [4.69, 9.17) is 5.26 Å². The van der Waals surface area contributed by atoms with Crippen LogP contribution in [0.25, 0.3) is 0 Å². The van der Waals surface area contributed by atoms with Crippen LogP contribution in [0.15, 0.2) is 24.3 Å². The van der Waals surface area contributed by atoms with Crippen molar-refractivity contribution in [2.75, 3.05) is 25.5 Å². The maximum Gasteiger partial charge on any atom is 0.0992 e. The molecule has 1 N–H and O–H groups in total. The van der Waals surface area contributed by atoms with Gasteiger partial charge in [-0.15, -0.1) is 0 Å². The van der Waals surface area contributed by atoms with Gasteiger partial charge in [0, 0.05) is 24.8 Å². The van der Waals surface area contributed by atoms with Crippen LogP contribution in [0.2, 0.25) is 0 Å². The summed E-state index contributed by atoms with van der Waals surface area (Å²) in [6.07, 6.45) is 2.70. The quantitative estimate of drug-likeness (QED) is 0.817. The van der Waals surface area contributed by atoms with E-state index in [1.807, 2.05) is 24.3 Å². The van der Waals surface area contributed by atoms with Gasteiger partial charge in [-0.3, -0.25) is 0 Å². The molecule has 1 aromatic rings. The topological polar surface area (TPSA) is 39.1 Å².